The monoisotopic (exact) mass is 328 g/mol. The lowest BCUT2D eigenvalue weighted by molar-refractivity contribution is -0.126. The molecule has 1 aliphatic carbocycles. The molecule has 1 aliphatic heterocycles. The van der Waals surface area contributed by atoms with E-state index in [-0.39, 0.29) is 11.9 Å². The summed E-state index contributed by atoms with van der Waals surface area (Å²) in [7, 11) is 2.13. The Morgan fingerprint density at radius 3 is 3.04 bits per heavy atom. The summed E-state index contributed by atoms with van der Waals surface area (Å²) in [4.78, 5) is 19.5. The van der Waals surface area contributed by atoms with E-state index in [0.29, 0.717) is 12.5 Å². The van der Waals surface area contributed by atoms with E-state index >= 15 is 0 Å². The Morgan fingerprint density at radius 2 is 2.33 bits per heavy atom. The molecule has 6 heteroatoms. The maximum absolute atomic E-state index is 12.4. The van der Waals surface area contributed by atoms with Gasteiger partial charge < -0.3 is 14.3 Å². The number of imidazole rings is 1. The van der Waals surface area contributed by atoms with E-state index in [2.05, 4.69) is 21.8 Å². The fourth-order valence-corrected chi connectivity index (χ4v) is 3.51. The van der Waals surface area contributed by atoms with Crippen LogP contribution in [0.5, 0.6) is 0 Å². The van der Waals surface area contributed by atoms with E-state index < -0.39 is 0 Å². The molecule has 0 radical (unpaired) electrons. The van der Waals surface area contributed by atoms with Crippen molar-refractivity contribution in [3.63, 3.8) is 0 Å². The normalized spacial score (nSPS) is 19.1. The summed E-state index contributed by atoms with van der Waals surface area (Å²) in [5.74, 6) is 2.70. The van der Waals surface area contributed by atoms with Gasteiger partial charge in [0.05, 0.1) is 24.5 Å². The molecule has 1 atom stereocenters. The summed E-state index contributed by atoms with van der Waals surface area (Å²) >= 11 is 0. The number of rotatable bonds is 5. The maximum Gasteiger partial charge on any atom is 0.237 e. The third kappa shape index (κ3) is 2.86. The van der Waals surface area contributed by atoms with Crippen LogP contribution in [0.15, 0.2) is 22.8 Å². The molecule has 128 valence electrons. The fourth-order valence-electron chi connectivity index (χ4n) is 3.51. The number of amides is 1. The third-order valence-corrected chi connectivity index (χ3v) is 5.21. The molecule has 0 bridgehead atoms. The van der Waals surface area contributed by atoms with Crippen LogP contribution in [0.2, 0.25) is 0 Å². The van der Waals surface area contributed by atoms with Crippen LogP contribution in [0.25, 0.3) is 0 Å². The topological polar surface area (TPSA) is 63.3 Å². The van der Waals surface area contributed by atoms with Gasteiger partial charge in [-0.2, -0.15) is 0 Å². The Morgan fingerprint density at radius 1 is 1.50 bits per heavy atom. The molecule has 3 heterocycles. The highest BCUT2D eigenvalue weighted by molar-refractivity contribution is 5.81. The fraction of sp³-hybridized carbons (Fsp3) is 0.556. The zero-order valence-electron chi connectivity index (χ0n) is 14.3. The minimum Gasteiger partial charge on any atom is -0.467 e. The summed E-state index contributed by atoms with van der Waals surface area (Å²) in [6.45, 7) is 4.05. The van der Waals surface area contributed by atoms with Gasteiger partial charge in [0.25, 0.3) is 0 Å². The number of fused-ring (bicyclic) bond motifs is 1. The van der Waals surface area contributed by atoms with Crippen LogP contribution in [0.1, 0.15) is 48.7 Å². The number of aromatic nitrogens is 2. The molecule has 0 spiro atoms. The Kier molecular flexibility index (Phi) is 3.92. The molecule has 1 N–H and O–H groups in total. The van der Waals surface area contributed by atoms with Gasteiger partial charge in [0, 0.05) is 38.2 Å². The van der Waals surface area contributed by atoms with Gasteiger partial charge in [-0.1, -0.05) is 0 Å². The van der Waals surface area contributed by atoms with Gasteiger partial charge in [-0.05, 0) is 31.9 Å². The van der Waals surface area contributed by atoms with Crippen molar-refractivity contribution >= 4 is 5.91 Å². The second-order valence-corrected chi connectivity index (χ2v) is 6.89. The third-order valence-electron chi connectivity index (χ3n) is 5.21. The minimum atomic E-state index is -0.167. The molecule has 1 fully saturated rings. The van der Waals surface area contributed by atoms with Gasteiger partial charge in [-0.3, -0.25) is 9.69 Å². The van der Waals surface area contributed by atoms with E-state index in [1.165, 1.54) is 24.4 Å². The highest BCUT2D eigenvalue weighted by atomic mass is 16.3. The first-order valence-electron chi connectivity index (χ1n) is 8.72. The Bertz CT molecular complexity index is 731. The zero-order chi connectivity index (χ0) is 16.7. The number of carbonyl (C=O) groups excluding carboxylic acids is 1. The van der Waals surface area contributed by atoms with Crippen LogP contribution in [-0.4, -0.2) is 32.9 Å². The smallest absolute Gasteiger partial charge is 0.237 e. The van der Waals surface area contributed by atoms with Crippen LogP contribution in [0, 0.1) is 0 Å². The molecule has 1 unspecified atom stereocenters. The van der Waals surface area contributed by atoms with Crippen LogP contribution in [0.3, 0.4) is 0 Å². The average molecular weight is 328 g/mol. The van der Waals surface area contributed by atoms with Crippen molar-refractivity contribution in [1.82, 2.24) is 19.8 Å². The molecule has 1 saturated carbocycles. The molecule has 2 aliphatic rings. The van der Waals surface area contributed by atoms with Crippen LogP contribution in [-0.2, 0) is 31.4 Å². The maximum atomic E-state index is 12.4. The standard InChI is InChI=1S/C18H24N4O2/c1-12(18(23)19-10-14-4-3-9-24-14)22-8-7-16-15(11-22)20-17(21(16)2)13-5-6-13/h3-4,9,12-13H,5-8,10-11H2,1-2H3,(H,19,23). The molecule has 1 amide bonds. The zero-order valence-corrected chi connectivity index (χ0v) is 14.3. The Hall–Kier alpha value is -2.08. The van der Waals surface area contributed by atoms with E-state index in [4.69, 9.17) is 9.40 Å². The first kappa shape index (κ1) is 15.4. The molecular weight excluding hydrogens is 304 g/mol. The number of hydrogen-bond donors (Lipinski definition) is 1. The minimum absolute atomic E-state index is 0.0354. The number of carbonyl (C=O) groups is 1. The van der Waals surface area contributed by atoms with Crippen molar-refractivity contribution in [3.05, 3.63) is 41.4 Å². The predicted molar refractivity (Wildman–Crippen MR) is 89.3 cm³/mol. The SMILES string of the molecule is CC(C(=O)NCc1ccco1)N1CCc2c(nc(C3CC3)n2C)C1. The number of hydrogen-bond acceptors (Lipinski definition) is 4. The Balaban J connectivity index is 1.40. The largest absolute Gasteiger partial charge is 0.467 e. The second-order valence-electron chi connectivity index (χ2n) is 6.89. The molecule has 4 rings (SSSR count). The van der Waals surface area contributed by atoms with Crippen molar-refractivity contribution in [2.24, 2.45) is 7.05 Å². The van der Waals surface area contributed by atoms with Gasteiger partial charge in [0.2, 0.25) is 5.91 Å². The molecule has 24 heavy (non-hydrogen) atoms. The first-order valence-corrected chi connectivity index (χ1v) is 8.72. The number of furan rings is 1. The summed E-state index contributed by atoms with van der Waals surface area (Å²) in [5, 5.41) is 2.95. The average Bonchev–Trinajstić information content (AvgIpc) is 3.20. The lowest BCUT2D eigenvalue weighted by Gasteiger charge is -2.31. The lowest BCUT2D eigenvalue weighted by Crippen LogP contribution is -2.47. The molecular formula is C18H24N4O2. The summed E-state index contributed by atoms with van der Waals surface area (Å²) in [6.07, 6.45) is 5.11. The second kappa shape index (κ2) is 6.09. The van der Waals surface area contributed by atoms with Crippen molar-refractivity contribution in [3.8, 4) is 0 Å². The Labute approximate surface area is 141 Å². The molecule has 2 aromatic heterocycles. The molecule has 0 aromatic carbocycles. The summed E-state index contributed by atoms with van der Waals surface area (Å²) < 4.78 is 7.54. The first-order chi connectivity index (χ1) is 11.6. The van der Waals surface area contributed by atoms with Gasteiger partial charge in [-0.25, -0.2) is 4.98 Å². The highest BCUT2D eigenvalue weighted by Crippen LogP contribution is 2.40. The van der Waals surface area contributed by atoms with Crippen LogP contribution >= 0.6 is 0 Å². The van der Waals surface area contributed by atoms with Gasteiger partial charge in [-0.15, -0.1) is 0 Å². The van der Waals surface area contributed by atoms with Crippen LogP contribution in [0.4, 0.5) is 0 Å². The number of nitrogens with one attached hydrogen (secondary N) is 1. The number of nitrogens with zero attached hydrogens (tertiary/aromatic N) is 3. The molecule has 2 aromatic rings. The van der Waals surface area contributed by atoms with Crippen molar-refractivity contribution in [1.29, 1.82) is 0 Å². The van der Waals surface area contributed by atoms with Crippen molar-refractivity contribution in [2.75, 3.05) is 6.54 Å². The van der Waals surface area contributed by atoms with Crippen molar-refractivity contribution in [2.45, 2.75) is 51.2 Å². The van der Waals surface area contributed by atoms with Gasteiger partial charge in [0.15, 0.2) is 0 Å². The van der Waals surface area contributed by atoms with E-state index in [1.54, 1.807) is 6.26 Å². The summed E-state index contributed by atoms with van der Waals surface area (Å²) in [5.41, 5.74) is 2.49. The van der Waals surface area contributed by atoms with E-state index in [1.807, 2.05) is 19.1 Å². The summed E-state index contributed by atoms with van der Waals surface area (Å²) in [6, 6.07) is 3.53. The molecule has 6 nitrogen and oxygen atoms in total. The lowest BCUT2D eigenvalue weighted by atomic mass is 10.1. The quantitative estimate of drug-likeness (QED) is 0.911. The molecule has 0 saturated heterocycles. The van der Waals surface area contributed by atoms with Crippen LogP contribution < -0.4 is 5.32 Å². The van der Waals surface area contributed by atoms with E-state index in [9.17, 15) is 4.79 Å². The van der Waals surface area contributed by atoms with Gasteiger partial charge >= 0.3 is 0 Å². The van der Waals surface area contributed by atoms with Gasteiger partial charge in [0.1, 0.15) is 11.6 Å². The van der Waals surface area contributed by atoms with Crippen molar-refractivity contribution < 1.29 is 9.21 Å². The predicted octanol–water partition coefficient (Wildman–Crippen LogP) is 1.95. The highest BCUT2D eigenvalue weighted by Gasteiger charge is 2.33. The van der Waals surface area contributed by atoms with E-state index in [0.717, 1.165) is 31.0 Å².